The van der Waals surface area contributed by atoms with E-state index in [-0.39, 0.29) is 5.91 Å². The lowest BCUT2D eigenvalue weighted by atomic mass is 10.1. The average Bonchev–Trinajstić information content (AvgIpc) is 2.61. The van der Waals surface area contributed by atoms with Crippen molar-refractivity contribution < 1.29 is 9.53 Å². The molecule has 0 aliphatic carbocycles. The number of ether oxygens (including phenoxy) is 1. The zero-order valence-electron chi connectivity index (χ0n) is 15.9. The first kappa shape index (κ1) is 20.8. The first-order valence-electron chi connectivity index (χ1n) is 9.03. The van der Waals surface area contributed by atoms with Crippen LogP contribution in [0.15, 0.2) is 23.2 Å². The van der Waals surface area contributed by atoms with Crippen molar-refractivity contribution in [3.63, 3.8) is 0 Å². The largest absolute Gasteiger partial charge is 0.496 e. The minimum Gasteiger partial charge on any atom is -0.496 e. The van der Waals surface area contributed by atoms with E-state index in [1.165, 1.54) is 5.56 Å². The number of aryl methyl sites for hydroxylation is 1. The Bertz CT molecular complexity index is 558. The third-order valence-corrected chi connectivity index (χ3v) is 3.70. The van der Waals surface area contributed by atoms with Crippen molar-refractivity contribution >= 4 is 11.9 Å². The molecule has 1 aromatic rings. The third-order valence-electron chi connectivity index (χ3n) is 3.70. The Balaban J connectivity index is 2.44. The summed E-state index contributed by atoms with van der Waals surface area (Å²) in [6, 6.07) is 6.25. The van der Waals surface area contributed by atoms with Gasteiger partial charge in [-0.15, -0.1) is 0 Å². The second-order valence-electron chi connectivity index (χ2n) is 5.84. The molecule has 0 saturated heterocycles. The smallest absolute Gasteiger partial charge is 0.221 e. The van der Waals surface area contributed by atoms with E-state index in [1.54, 1.807) is 7.11 Å². The highest BCUT2D eigenvalue weighted by Crippen LogP contribution is 2.18. The van der Waals surface area contributed by atoms with E-state index in [4.69, 9.17) is 4.74 Å². The van der Waals surface area contributed by atoms with Crippen LogP contribution in [0.5, 0.6) is 5.75 Å². The molecule has 0 bridgehead atoms. The standard InChI is InChI=1S/C19H32N4O2/c1-5-11-21-18(24)10-13-23-19(20-6-2)22-12-9-16-8-7-15(3)17(14-16)25-4/h7-8,14H,5-6,9-13H2,1-4H3,(H,21,24)(H2,20,22,23). The fourth-order valence-corrected chi connectivity index (χ4v) is 2.31. The zero-order chi connectivity index (χ0) is 18.5. The number of nitrogens with zero attached hydrogens (tertiary/aromatic N) is 1. The molecule has 1 amide bonds. The SMILES string of the molecule is CCCNC(=O)CCN=C(NCC)NCCc1ccc(C)c(OC)c1. The minimum atomic E-state index is 0.0493. The van der Waals surface area contributed by atoms with E-state index >= 15 is 0 Å². The maximum atomic E-state index is 11.6. The summed E-state index contributed by atoms with van der Waals surface area (Å²) in [6.45, 7) is 8.84. The van der Waals surface area contributed by atoms with Gasteiger partial charge in [-0.3, -0.25) is 9.79 Å². The van der Waals surface area contributed by atoms with E-state index in [0.29, 0.717) is 13.0 Å². The number of benzene rings is 1. The maximum Gasteiger partial charge on any atom is 0.221 e. The molecule has 0 aliphatic rings. The second kappa shape index (κ2) is 12.2. The Morgan fingerprint density at radius 2 is 1.96 bits per heavy atom. The molecule has 0 radical (unpaired) electrons. The lowest BCUT2D eigenvalue weighted by molar-refractivity contribution is -0.120. The van der Waals surface area contributed by atoms with E-state index in [2.05, 4.69) is 39.1 Å². The normalized spacial score (nSPS) is 11.1. The van der Waals surface area contributed by atoms with Crippen molar-refractivity contribution in [1.29, 1.82) is 0 Å². The number of amides is 1. The number of carbonyl (C=O) groups is 1. The third kappa shape index (κ3) is 8.42. The van der Waals surface area contributed by atoms with Crippen LogP contribution in [0, 0.1) is 6.92 Å². The number of rotatable bonds is 10. The second-order valence-corrected chi connectivity index (χ2v) is 5.84. The molecular formula is C19H32N4O2. The summed E-state index contributed by atoms with van der Waals surface area (Å²) >= 11 is 0. The molecule has 1 aromatic carbocycles. The molecule has 1 rings (SSSR count). The van der Waals surface area contributed by atoms with E-state index in [1.807, 2.05) is 20.8 Å². The molecule has 6 heteroatoms. The van der Waals surface area contributed by atoms with Gasteiger partial charge in [-0.05, 0) is 43.9 Å². The van der Waals surface area contributed by atoms with Crippen LogP contribution in [0.4, 0.5) is 0 Å². The van der Waals surface area contributed by atoms with Crippen LogP contribution < -0.4 is 20.7 Å². The predicted molar refractivity (Wildman–Crippen MR) is 103 cm³/mol. The van der Waals surface area contributed by atoms with Gasteiger partial charge < -0.3 is 20.7 Å². The lowest BCUT2D eigenvalue weighted by Crippen LogP contribution is -2.38. The van der Waals surface area contributed by atoms with Crippen LogP contribution in [-0.2, 0) is 11.2 Å². The van der Waals surface area contributed by atoms with Gasteiger partial charge in [0.2, 0.25) is 5.91 Å². The maximum absolute atomic E-state index is 11.6. The van der Waals surface area contributed by atoms with Crippen LogP contribution >= 0.6 is 0 Å². The Hall–Kier alpha value is -2.24. The van der Waals surface area contributed by atoms with Crippen LogP contribution in [0.3, 0.4) is 0 Å². The molecule has 0 saturated carbocycles. The summed E-state index contributed by atoms with van der Waals surface area (Å²) in [7, 11) is 1.69. The monoisotopic (exact) mass is 348 g/mol. The number of methoxy groups -OCH3 is 1. The van der Waals surface area contributed by atoms with Gasteiger partial charge in [-0.25, -0.2) is 0 Å². The highest BCUT2D eigenvalue weighted by molar-refractivity contribution is 5.80. The summed E-state index contributed by atoms with van der Waals surface area (Å²) in [5.74, 6) is 1.70. The highest BCUT2D eigenvalue weighted by atomic mass is 16.5. The van der Waals surface area contributed by atoms with Gasteiger partial charge in [-0.2, -0.15) is 0 Å². The van der Waals surface area contributed by atoms with Crippen LogP contribution in [0.25, 0.3) is 0 Å². The summed E-state index contributed by atoms with van der Waals surface area (Å²) in [5, 5.41) is 9.36. The first-order valence-corrected chi connectivity index (χ1v) is 9.03. The number of hydrogen-bond acceptors (Lipinski definition) is 3. The fraction of sp³-hybridized carbons (Fsp3) is 0.579. The van der Waals surface area contributed by atoms with Gasteiger partial charge in [0, 0.05) is 26.1 Å². The van der Waals surface area contributed by atoms with Crippen molar-refractivity contribution in [2.45, 2.75) is 40.0 Å². The van der Waals surface area contributed by atoms with Crippen LogP contribution in [-0.4, -0.2) is 45.2 Å². The summed E-state index contributed by atoms with van der Waals surface area (Å²) < 4.78 is 5.36. The van der Waals surface area contributed by atoms with Gasteiger partial charge in [0.1, 0.15) is 5.75 Å². The summed E-state index contributed by atoms with van der Waals surface area (Å²) in [4.78, 5) is 16.0. The molecule has 0 aromatic heterocycles. The Morgan fingerprint density at radius 3 is 2.64 bits per heavy atom. The van der Waals surface area contributed by atoms with Crippen molar-refractivity contribution in [2.75, 3.05) is 33.3 Å². The Labute approximate surface area is 151 Å². The van der Waals surface area contributed by atoms with Gasteiger partial charge in [0.15, 0.2) is 5.96 Å². The molecule has 6 nitrogen and oxygen atoms in total. The molecular weight excluding hydrogens is 316 g/mol. The van der Waals surface area contributed by atoms with E-state index < -0.39 is 0 Å². The molecule has 0 spiro atoms. The zero-order valence-corrected chi connectivity index (χ0v) is 15.9. The highest BCUT2D eigenvalue weighted by Gasteiger charge is 2.03. The number of aliphatic imine (C=N–C) groups is 1. The van der Waals surface area contributed by atoms with E-state index in [0.717, 1.165) is 49.7 Å². The molecule has 3 N–H and O–H groups in total. The number of carbonyl (C=O) groups excluding carboxylic acids is 1. The van der Waals surface area contributed by atoms with Crippen molar-refractivity contribution in [3.05, 3.63) is 29.3 Å². The van der Waals surface area contributed by atoms with Crippen molar-refractivity contribution in [3.8, 4) is 5.75 Å². The molecule has 0 atom stereocenters. The topological polar surface area (TPSA) is 74.8 Å². The van der Waals surface area contributed by atoms with Gasteiger partial charge in [0.25, 0.3) is 0 Å². The average molecular weight is 348 g/mol. The molecule has 0 unspecified atom stereocenters. The molecule has 0 fully saturated rings. The van der Waals surface area contributed by atoms with Crippen LogP contribution in [0.1, 0.15) is 37.8 Å². The molecule has 0 heterocycles. The van der Waals surface area contributed by atoms with Gasteiger partial charge in [-0.1, -0.05) is 19.1 Å². The number of nitrogens with one attached hydrogen (secondary N) is 3. The molecule has 140 valence electrons. The number of guanidine groups is 1. The van der Waals surface area contributed by atoms with Crippen molar-refractivity contribution in [2.24, 2.45) is 4.99 Å². The quantitative estimate of drug-likeness (QED) is 0.447. The Morgan fingerprint density at radius 1 is 1.16 bits per heavy atom. The molecule has 25 heavy (non-hydrogen) atoms. The lowest BCUT2D eigenvalue weighted by Gasteiger charge is -2.12. The first-order chi connectivity index (χ1) is 12.1. The summed E-state index contributed by atoms with van der Waals surface area (Å²) in [5.41, 5.74) is 2.35. The van der Waals surface area contributed by atoms with Crippen LogP contribution in [0.2, 0.25) is 0 Å². The van der Waals surface area contributed by atoms with Gasteiger partial charge in [0.05, 0.1) is 13.7 Å². The van der Waals surface area contributed by atoms with Crippen molar-refractivity contribution in [1.82, 2.24) is 16.0 Å². The van der Waals surface area contributed by atoms with Gasteiger partial charge >= 0.3 is 0 Å². The Kier molecular flexibility index (Phi) is 10.1. The minimum absolute atomic E-state index is 0.0493. The summed E-state index contributed by atoms with van der Waals surface area (Å²) in [6.07, 6.45) is 2.23. The van der Waals surface area contributed by atoms with E-state index in [9.17, 15) is 4.79 Å². The predicted octanol–water partition coefficient (Wildman–Crippen LogP) is 2.02. The molecule has 0 aliphatic heterocycles. The number of hydrogen-bond donors (Lipinski definition) is 3. The fourth-order valence-electron chi connectivity index (χ4n) is 2.31.